The molecule has 0 fully saturated rings. The molecule has 0 heterocycles. The largest absolute Gasteiger partial charge is 1.00 e. The zero-order valence-electron chi connectivity index (χ0n) is 8.60. The molecule has 0 bridgehead atoms. The maximum atomic E-state index is 4.35. The summed E-state index contributed by atoms with van der Waals surface area (Å²) in [4.78, 5) is 0. The molecule has 60 valence electrons. The molecule has 0 aliphatic rings. The van der Waals surface area contributed by atoms with Crippen molar-refractivity contribution in [3.05, 3.63) is 27.2 Å². The molecule has 0 saturated heterocycles. The third-order valence-corrected chi connectivity index (χ3v) is 3.28. The van der Waals surface area contributed by atoms with Crippen molar-refractivity contribution < 1.29 is 18.9 Å². The van der Waals surface area contributed by atoms with Crippen LogP contribution in [-0.4, -0.2) is 19.4 Å². The molecule has 0 amide bonds. The van der Waals surface area contributed by atoms with E-state index in [-0.39, 0.29) is 18.9 Å². The summed E-state index contributed by atoms with van der Waals surface area (Å²) in [5.41, 5.74) is 7.06. The molecular formula is C8H14LiNSi2. The maximum Gasteiger partial charge on any atom is 1.00 e. The molecule has 0 aromatic rings. The van der Waals surface area contributed by atoms with Crippen LogP contribution in [0.4, 0.5) is 0 Å². The first-order chi connectivity index (χ1) is 5.13. The van der Waals surface area contributed by atoms with Crippen LogP contribution < -0.4 is 18.9 Å². The van der Waals surface area contributed by atoms with Crippen molar-refractivity contribution >= 4 is 19.4 Å². The summed E-state index contributed by atoms with van der Waals surface area (Å²) in [6, 6.07) is 0. The Balaban J connectivity index is 0. The SMILES string of the molecule is CC(C)=C[Si][N-][Si]C=C(C)C.[Li+]. The van der Waals surface area contributed by atoms with Crippen LogP contribution in [0.5, 0.6) is 0 Å². The smallest absolute Gasteiger partial charge is 0.671 e. The van der Waals surface area contributed by atoms with E-state index in [2.05, 4.69) is 43.7 Å². The van der Waals surface area contributed by atoms with Gasteiger partial charge in [-0.1, -0.05) is 30.5 Å². The fourth-order valence-corrected chi connectivity index (χ4v) is 1.69. The van der Waals surface area contributed by atoms with Crippen LogP contribution in [0.25, 0.3) is 4.65 Å². The summed E-state index contributed by atoms with van der Waals surface area (Å²) < 4.78 is 4.35. The predicted octanol–water partition coefficient (Wildman–Crippen LogP) is -0.550. The fourth-order valence-electron chi connectivity index (χ4n) is 0.360. The normalized spacial score (nSPS) is 8.33. The third-order valence-electron chi connectivity index (χ3n) is 0.836. The minimum atomic E-state index is 0. The van der Waals surface area contributed by atoms with Gasteiger partial charge in [0.2, 0.25) is 0 Å². The van der Waals surface area contributed by atoms with Gasteiger partial charge >= 0.3 is 18.9 Å². The molecule has 1 nitrogen and oxygen atoms in total. The van der Waals surface area contributed by atoms with Gasteiger partial charge in [0.1, 0.15) is 0 Å². The Kier molecular flexibility index (Phi) is 11.9. The Labute approximate surface area is 93.1 Å². The van der Waals surface area contributed by atoms with E-state index >= 15 is 0 Å². The van der Waals surface area contributed by atoms with Gasteiger partial charge in [0.05, 0.1) is 0 Å². The summed E-state index contributed by atoms with van der Waals surface area (Å²) in [6.45, 7) is 8.41. The molecule has 12 heavy (non-hydrogen) atoms. The Morgan fingerprint density at radius 2 is 1.25 bits per heavy atom. The van der Waals surface area contributed by atoms with Gasteiger partial charge in [0, 0.05) is 0 Å². The van der Waals surface area contributed by atoms with Gasteiger partial charge in [-0.3, -0.25) is 0 Å². The van der Waals surface area contributed by atoms with Crippen LogP contribution in [0, 0.1) is 0 Å². The van der Waals surface area contributed by atoms with Gasteiger partial charge in [-0.25, -0.2) is 0 Å². The second-order valence-electron chi connectivity index (χ2n) is 2.81. The van der Waals surface area contributed by atoms with E-state index in [4.69, 9.17) is 0 Å². The molecule has 0 aromatic heterocycles. The predicted molar refractivity (Wildman–Crippen MR) is 53.7 cm³/mol. The summed E-state index contributed by atoms with van der Waals surface area (Å²) in [5, 5.41) is 0. The van der Waals surface area contributed by atoms with E-state index in [0.29, 0.717) is 19.4 Å². The molecule has 0 aliphatic heterocycles. The molecule has 0 spiro atoms. The first-order valence-electron chi connectivity index (χ1n) is 3.60. The molecular weight excluding hydrogens is 173 g/mol. The van der Waals surface area contributed by atoms with Gasteiger partial charge < -0.3 is 4.65 Å². The minimum absolute atomic E-state index is 0. The Morgan fingerprint density at radius 3 is 1.50 bits per heavy atom. The summed E-state index contributed by atoms with van der Waals surface area (Å²) in [5.74, 6) is 0. The van der Waals surface area contributed by atoms with Gasteiger partial charge in [-0.15, -0.1) is 11.4 Å². The first-order valence-corrected chi connectivity index (χ1v) is 5.65. The molecule has 0 saturated carbocycles. The quantitative estimate of drug-likeness (QED) is 0.414. The van der Waals surface area contributed by atoms with E-state index in [1.165, 1.54) is 11.1 Å². The average Bonchev–Trinajstić information content (AvgIpc) is 1.85. The van der Waals surface area contributed by atoms with Gasteiger partial charge in [0.25, 0.3) is 0 Å². The van der Waals surface area contributed by atoms with Crippen LogP contribution in [0.2, 0.25) is 0 Å². The topological polar surface area (TPSA) is 14.1 Å². The van der Waals surface area contributed by atoms with E-state index in [0.717, 1.165) is 0 Å². The molecule has 0 rings (SSSR count). The number of hydrogen-bond acceptors (Lipinski definition) is 0. The third kappa shape index (κ3) is 13.1. The molecule has 0 N–H and O–H groups in total. The molecule has 0 aromatic carbocycles. The number of nitrogens with zero attached hydrogens (tertiary/aromatic N) is 1. The summed E-state index contributed by atoms with van der Waals surface area (Å²) in [7, 11) is 1.29. The van der Waals surface area contributed by atoms with Crippen molar-refractivity contribution in [2.75, 3.05) is 0 Å². The van der Waals surface area contributed by atoms with E-state index in [1.54, 1.807) is 0 Å². The fraction of sp³-hybridized carbons (Fsp3) is 0.500. The van der Waals surface area contributed by atoms with Crippen molar-refractivity contribution in [1.29, 1.82) is 0 Å². The van der Waals surface area contributed by atoms with Crippen molar-refractivity contribution in [3.63, 3.8) is 0 Å². The minimum Gasteiger partial charge on any atom is -0.671 e. The molecule has 0 unspecified atom stereocenters. The average molecular weight is 187 g/mol. The van der Waals surface area contributed by atoms with E-state index < -0.39 is 0 Å². The standard InChI is InChI=1S/C8H14NSi2.Li/c1-7(2)5-10-9-11-6-8(3)4;/h5-6H,1-4H3;/q-1;+1. The van der Waals surface area contributed by atoms with Crippen molar-refractivity contribution in [2.24, 2.45) is 0 Å². The van der Waals surface area contributed by atoms with E-state index in [9.17, 15) is 0 Å². The second kappa shape index (κ2) is 9.56. The number of rotatable bonds is 4. The zero-order chi connectivity index (χ0) is 8.69. The second-order valence-corrected chi connectivity index (χ2v) is 4.80. The first kappa shape index (κ1) is 15.0. The Hall–Kier alpha value is 0.471. The Bertz CT molecular complexity index is 140. The number of allylic oxidation sites excluding steroid dienone is 2. The Morgan fingerprint density at radius 1 is 0.917 bits per heavy atom. The zero-order valence-corrected chi connectivity index (χ0v) is 10.6. The molecule has 0 aliphatic carbocycles. The van der Waals surface area contributed by atoms with E-state index in [1.807, 2.05) is 0 Å². The van der Waals surface area contributed by atoms with Crippen LogP contribution >= 0.6 is 0 Å². The molecule has 4 heteroatoms. The van der Waals surface area contributed by atoms with Gasteiger partial charge in [0.15, 0.2) is 0 Å². The van der Waals surface area contributed by atoms with Crippen molar-refractivity contribution in [3.8, 4) is 0 Å². The van der Waals surface area contributed by atoms with Gasteiger partial charge in [-0.2, -0.15) is 0 Å². The molecule has 0 atom stereocenters. The number of hydrogen-bond donors (Lipinski definition) is 0. The van der Waals surface area contributed by atoms with Crippen LogP contribution in [0.3, 0.4) is 0 Å². The summed E-state index contributed by atoms with van der Waals surface area (Å²) in [6.07, 6.45) is 0. The maximum absolute atomic E-state index is 4.35. The van der Waals surface area contributed by atoms with Gasteiger partial charge in [-0.05, 0) is 27.7 Å². The van der Waals surface area contributed by atoms with Crippen LogP contribution in [0.1, 0.15) is 27.7 Å². The molecule has 4 radical (unpaired) electrons. The van der Waals surface area contributed by atoms with Crippen LogP contribution in [-0.2, 0) is 0 Å². The van der Waals surface area contributed by atoms with Crippen LogP contribution in [0.15, 0.2) is 22.5 Å². The van der Waals surface area contributed by atoms with Crippen molar-refractivity contribution in [1.82, 2.24) is 0 Å². The van der Waals surface area contributed by atoms with Crippen molar-refractivity contribution in [2.45, 2.75) is 27.7 Å². The monoisotopic (exact) mass is 187 g/mol. The summed E-state index contributed by atoms with van der Waals surface area (Å²) >= 11 is 0.